The first-order valence-electron chi connectivity index (χ1n) is 9.38. The molecule has 0 N–H and O–H groups in total. The van der Waals surface area contributed by atoms with Crippen LogP contribution in [0.25, 0.3) is 0 Å². The van der Waals surface area contributed by atoms with Crippen LogP contribution in [-0.4, -0.2) is 27.9 Å². The smallest absolute Gasteiger partial charge is 0.264 e. The fourth-order valence-corrected chi connectivity index (χ4v) is 4.69. The van der Waals surface area contributed by atoms with Gasteiger partial charge in [0, 0.05) is 30.3 Å². The topological polar surface area (TPSA) is 49.9 Å². The summed E-state index contributed by atoms with van der Waals surface area (Å²) in [6.45, 7) is 5.25. The average Bonchev–Trinajstić information content (AvgIpc) is 3.11. The lowest BCUT2D eigenvalue weighted by Crippen LogP contribution is -2.46. The van der Waals surface area contributed by atoms with Crippen molar-refractivity contribution in [2.24, 2.45) is 0 Å². The number of imide groups is 1. The fourth-order valence-electron chi connectivity index (χ4n) is 4.56. The molecule has 2 heterocycles. The van der Waals surface area contributed by atoms with Crippen molar-refractivity contribution < 1.29 is 14.4 Å². The van der Waals surface area contributed by atoms with Crippen LogP contribution in [0, 0.1) is 0 Å². The van der Waals surface area contributed by atoms with Crippen LogP contribution in [0.3, 0.4) is 0 Å². The number of rotatable bonds is 2. The van der Waals surface area contributed by atoms with Crippen molar-refractivity contribution in [3.05, 3.63) is 65.2 Å². The molecule has 2 aromatic carbocycles. The monoisotopic (exact) mass is 398 g/mol. The second-order valence-corrected chi connectivity index (χ2v) is 8.60. The molecule has 0 aromatic heterocycles. The molecule has 2 atom stereocenters. The van der Waals surface area contributed by atoms with Gasteiger partial charge in [0.15, 0.2) is 5.60 Å². The van der Waals surface area contributed by atoms with Gasteiger partial charge in [-0.05, 0) is 43.7 Å². The largest absolute Gasteiger partial charge is 0.275 e. The molecule has 1 spiro atoms. The number of anilines is 1. The van der Waals surface area contributed by atoms with E-state index in [1.165, 1.54) is 11.8 Å². The first-order valence-corrected chi connectivity index (χ1v) is 9.75. The highest BCUT2D eigenvalue weighted by atomic mass is 35.5. The number of carbonyl (C=O) groups is 2. The lowest BCUT2D eigenvalue weighted by molar-refractivity contribution is -0.153. The third-order valence-electron chi connectivity index (χ3n) is 5.58. The van der Waals surface area contributed by atoms with Gasteiger partial charge >= 0.3 is 0 Å². The summed E-state index contributed by atoms with van der Waals surface area (Å²) in [5.41, 5.74) is 0.221. The van der Waals surface area contributed by atoms with E-state index < -0.39 is 11.1 Å². The van der Waals surface area contributed by atoms with E-state index in [0.29, 0.717) is 17.9 Å². The van der Waals surface area contributed by atoms with E-state index in [-0.39, 0.29) is 17.9 Å². The molecule has 5 nitrogen and oxygen atoms in total. The number of likely N-dealkylation sites (tertiary alicyclic amines) is 1. The van der Waals surface area contributed by atoms with Crippen molar-refractivity contribution in [1.29, 1.82) is 0 Å². The Kier molecular flexibility index (Phi) is 4.47. The molecule has 146 valence electrons. The van der Waals surface area contributed by atoms with Crippen molar-refractivity contribution in [3.8, 4) is 0 Å². The van der Waals surface area contributed by atoms with Crippen LogP contribution < -0.4 is 5.06 Å². The van der Waals surface area contributed by atoms with E-state index >= 15 is 0 Å². The van der Waals surface area contributed by atoms with Gasteiger partial charge in [-0.25, -0.2) is 5.06 Å². The molecular formula is C22H23ClN2O3. The molecule has 2 aromatic rings. The number of hydrogen-bond donors (Lipinski definition) is 0. The van der Waals surface area contributed by atoms with Gasteiger partial charge in [0.2, 0.25) is 5.91 Å². The standard InChI is InChI=1S/C22H23ClN2O3/c1-15(26)24-20(27)22(14-21(24,2)3)13-19(16-9-11-17(23)12-10-16)25(28-22)18-7-5-4-6-8-18/h4-12,19H,13-14H2,1-3H3/t19-,22+/m1/s1. The third-order valence-corrected chi connectivity index (χ3v) is 5.83. The quantitative estimate of drug-likeness (QED) is 0.746. The molecule has 0 aliphatic carbocycles. The molecule has 2 aliphatic rings. The summed E-state index contributed by atoms with van der Waals surface area (Å²) >= 11 is 6.06. The molecule has 0 unspecified atom stereocenters. The minimum atomic E-state index is -1.06. The minimum Gasteiger partial charge on any atom is -0.275 e. The Labute approximate surface area is 169 Å². The van der Waals surface area contributed by atoms with Gasteiger partial charge in [-0.15, -0.1) is 0 Å². The zero-order chi connectivity index (χ0) is 20.1. The second kappa shape index (κ2) is 6.61. The molecule has 6 heteroatoms. The summed E-state index contributed by atoms with van der Waals surface area (Å²) in [6.07, 6.45) is 0.918. The van der Waals surface area contributed by atoms with Gasteiger partial charge in [0.05, 0.1) is 11.7 Å². The van der Waals surface area contributed by atoms with Crippen molar-refractivity contribution in [3.63, 3.8) is 0 Å². The first-order chi connectivity index (χ1) is 13.2. The van der Waals surface area contributed by atoms with E-state index in [2.05, 4.69) is 0 Å². The molecule has 0 bridgehead atoms. The van der Waals surface area contributed by atoms with Crippen LogP contribution >= 0.6 is 11.6 Å². The second-order valence-electron chi connectivity index (χ2n) is 8.17. The van der Waals surface area contributed by atoms with Crippen molar-refractivity contribution >= 4 is 29.1 Å². The van der Waals surface area contributed by atoms with Gasteiger partial charge in [-0.2, -0.15) is 0 Å². The molecule has 2 aliphatic heterocycles. The Morgan fingerprint density at radius 3 is 2.32 bits per heavy atom. The Balaban J connectivity index is 1.77. The van der Waals surface area contributed by atoms with Gasteiger partial charge in [-0.1, -0.05) is 41.9 Å². The highest BCUT2D eigenvalue weighted by Gasteiger charge is 2.63. The lowest BCUT2D eigenvalue weighted by Gasteiger charge is -2.27. The SMILES string of the molecule is CC(=O)N1C(=O)[C@]2(C[C@H](c3ccc(Cl)cc3)N(c3ccccc3)O2)CC1(C)C. The highest BCUT2D eigenvalue weighted by molar-refractivity contribution is 6.30. The van der Waals surface area contributed by atoms with Crippen LogP contribution in [0.2, 0.25) is 5.02 Å². The van der Waals surface area contributed by atoms with Crippen molar-refractivity contribution in [1.82, 2.24) is 4.90 Å². The molecular weight excluding hydrogens is 376 g/mol. The summed E-state index contributed by atoms with van der Waals surface area (Å²) in [4.78, 5) is 33.2. The lowest BCUT2D eigenvalue weighted by atomic mass is 9.86. The Hall–Kier alpha value is -2.37. The number of halogens is 1. The number of para-hydroxylation sites is 1. The first kappa shape index (κ1) is 19.0. The predicted octanol–water partition coefficient (Wildman–Crippen LogP) is 4.52. The van der Waals surface area contributed by atoms with Gasteiger partial charge in [-0.3, -0.25) is 19.3 Å². The molecule has 0 saturated carbocycles. The minimum absolute atomic E-state index is 0.161. The molecule has 4 rings (SSSR count). The molecule has 28 heavy (non-hydrogen) atoms. The van der Waals surface area contributed by atoms with E-state index in [1.807, 2.05) is 68.4 Å². The van der Waals surface area contributed by atoms with Crippen molar-refractivity contribution in [2.75, 3.05) is 5.06 Å². The van der Waals surface area contributed by atoms with E-state index in [4.69, 9.17) is 16.4 Å². The average molecular weight is 399 g/mol. The number of hydroxylamine groups is 1. The zero-order valence-electron chi connectivity index (χ0n) is 16.2. The third kappa shape index (κ3) is 2.99. The normalized spacial score (nSPS) is 26.3. The van der Waals surface area contributed by atoms with Crippen LogP contribution in [0.4, 0.5) is 5.69 Å². The maximum atomic E-state index is 13.3. The number of nitrogens with zero attached hydrogens (tertiary/aromatic N) is 2. The van der Waals surface area contributed by atoms with Crippen LogP contribution in [-0.2, 0) is 14.4 Å². The number of amides is 2. The van der Waals surface area contributed by atoms with Gasteiger partial charge in [0.25, 0.3) is 5.91 Å². The Bertz CT molecular complexity index is 913. The summed E-state index contributed by atoms with van der Waals surface area (Å²) in [5, 5.41) is 2.46. The van der Waals surface area contributed by atoms with Gasteiger partial charge in [0.1, 0.15) is 0 Å². The highest BCUT2D eigenvalue weighted by Crippen LogP contribution is 2.51. The molecule has 2 saturated heterocycles. The van der Waals surface area contributed by atoms with E-state index in [0.717, 1.165) is 11.3 Å². The predicted molar refractivity (Wildman–Crippen MR) is 108 cm³/mol. The Morgan fingerprint density at radius 1 is 1.11 bits per heavy atom. The van der Waals surface area contributed by atoms with Gasteiger partial charge < -0.3 is 0 Å². The van der Waals surface area contributed by atoms with E-state index in [9.17, 15) is 9.59 Å². The Morgan fingerprint density at radius 2 is 1.75 bits per heavy atom. The van der Waals surface area contributed by atoms with Crippen LogP contribution in [0.1, 0.15) is 45.2 Å². The summed E-state index contributed by atoms with van der Waals surface area (Å²) in [5.74, 6) is -0.515. The summed E-state index contributed by atoms with van der Waals surface area (Å²) < 4.78 is 0. The molecule has 2 amide bonds. The van der Waals surface area contributed by atoms with Crippen LogP contribution in [0.15, 0.2) is 54.6 Å². The summed E-state index contributed by atoms with van der Waals surface area (Å²) in [7, 11) is 0. The summed E-state index contributed by atoms with van der Waals surface area (Å²) in [6, 6.07) is 17.2. The number of benzene rings is 2. The van der Waals surface area contributed by atoms with Crippen LogP contribution in [0.5, 0.6) is 0 Å². The van der Waals surface area contributed by atoms with E-state index in [1.54, 1.807) is 5.06 Å². The molecule has 0 radical (unpaired) electrons. The number of carbonyl (C=O) groups excluding carboxylic acids is 2. The fraction of sp³-hybridized carbons (Fsp3) is 0.364. The zero-order valence-corrected chi connectivity index (χ0v) is 16.9. The number of hydrogen-bond acceptors (Lipinski definition) is 4. The maximum Gasteiger partial charge on any atom is 0.264 e. The molecule has 2 fully saturated rings. The van der Waals surface area contributed by atoms with Crippen molar-refractivity contribution in [2.45, 2.75) is 50.8 Å². The maximum absolute atomic E-state index is 13.3.